The molecule has 1 N–H and O–H groups in total. The van der Waals surface area contributed by atoms with Crippen LogP contribution in [0.1, 0.15) is 52.0 Å². The monoisotopic (exact) mass is 293 g/mol. The van der Waals surface area contributed by atoms with Gasteiger partial charge in [-0.05, 0) is 37.7 Å². The molecule has 0 bridgehead atoms. The van der Waals surface area contributed by atoms with Gasteiger partial charge in [-0.2, -0.15) is 0 Å². The molecule has 1 aromatic carbocycles. The standard InChI is InChI=1S/C18H28FNO/c1-14(2)20-13-18(10-8-15(3)9-11-18)21-12-16-6-4-5-7-17(16)19/h4-7,14-15,20H,8-13H2,1-3H3. The van der Waals surface area contributed by atoms with E-state index >= 15 is 0 Å². The van der Waals surface area contributed by atoms with Crippen LogP contribution in [0.15, 0.2) is 24.3 Å². The normalized spacial score (nSPS) is 26.2. The van der Waals surface area contributed by atoms with Gasteiger partial charge < -0.3 is 10.1 Å². The minimum Gasteiger partial charge on any atom is -0.369 e. The molecule has 0 radical (unpaired) electrons. The number of nitrogens with one attached hydrogen (secondary N) is 1. The number of ether oxygens (including phenoxy) is 1. The van der Waals surface area contributed by atoms with E-state index in [0.717, 1.165) is 25.3 Å². The SMILES string of the molecule is CC1CCC(CNC(C)C)(OCc2ccccc2F)CC1. The average Bonchev–Trinajstić information content (AvgIpc) is 2.47. The van der Waals surface area contributed by atoms with Crippen LogP contribution in [-0.4, -0.2) is 18.2 Å². The summed E-state index contributed by atoms with van der Waals surface area (Å²) in [6, 6.07) is 7.34. The smallest absolute Gasteiger partial charge is 0.128 e. The van der Waals surface area contributed by atoms with E-state index in [1.165, 1.54) is 18.9 Å². The Morgan fingerprint density at radius 3 is 2.57 bits per heavy atom. The van der Waals surface area contributed by atoms with Crippen LogP contribution in [0.5, 0.6) is 0 Å². The van der Waals surface area contributed by atoms with Crippen molar-refractivity contribution >= 4 is 0 Å². The highest BCUT2D eigenvalue weighted by Crippen LogP contribution is 2.35. The maximum absolute atomic E-state index is 13.7. The molecule has 1 aromatic rings. The van der Waals surface area contributed by atoms with E-state index in [4.69, 9.17) is 4.74 Å². The fourth-order valence-electron chi connectivity index (χ4n) is 2.90. The Labute approximate surface area is 128 Å². The molecule has 21 heavy (non-hydrogen) atoms. The first kappa shape index (κ1) is 16.4. The van der Waals surface area contributed by atoms with Gasteiger partial charge in [-0.1, -0.05) is 39.0 Å². The molecule has 0 unspecified atom stereocenters. The van der Waals surface area contributed by atoms with Crippen LogP contribution >= 0.6 is 0 Å². The van der Waals surface area contributed by atoms with Crippen molar-refractivity contribution in [1.29, 1.82) is 0 Å². The fourth-order valence-corrected chi connectivity index (χ4v) is 2.90. The lowest BCUT2D eigenvalue weighted by Crippen LogP contribution is -2.47. The Bertz CT molecular complexity index is 439. The van der Waals surface area contributed by atoms with Crippen LogP contribution < -0.4 is 5.32 Å². The van der Waals surface area contributed by atoms with Crippen molar-refractivity contribution in [3.05, 3.63) is 35.6 Å². The summed E-state index contributed by atoms with van der Waals surface area (Å²) in [5, 5.41) is 3.50. The molecule has 2 rings (SSSR count). The van der Waals surface area contributed by atoms with Gasteiger partial charge in [0.25, 0.3) is 0 Å². The minimum atomic E-state index is -0.173. The molecule has 0 spiro atoms. The van der Waals surface area contributed by atoms with Gasteiger partial charge in [0.05, 0.1) is 12.2 Å². The van der Waals surface area contributed by atoms with E-state index < -0.39 is 0 Å². The Kier molecular flexibility index (Phi) is 5.77. The number of benzene rings is 1. The quantitative estimate of drug-likeness (QED) is 0.845. The van der Waals surface area contributed by atoms with Crippen LogP contribution in [0.25, 0.3) is 0 Å². The second kappa shape index (κ2) is 7.37. The van der Waals surface area contributed by atoms with Crippen molar-refractivity contribution in [3.63, 3.8) is 0 Å². The maximum Gasteiger partial charge on any atom is 0.128 e. The molecule has 1 aliphatic carbocycles. The highest BCUT2D eigenvalue weighted by atomic mass is 19.1. The van der Waals surface area contributed by atoms with Gasteiger partial charge in [-0.3, -0.25) is 0 Å². The summed E-state index contributed by atoms with van der Waals surface area (Å²) in [5.41, 5.74) is 0.513. The Hall–Kier alpha value is -0.930. The van der Waals surface area contributed by atoms with Gasteiger partial charge in [0.2, 0.25) is 0 Å². The molecule has 118 valence electrons. The topological polar surface area (TPSA) is 21.3 Å². The summed E-state index contributed by atoms with van der Waals surface area (Å²) < 4.78 is 20.0. The Morgan fingerprint density at radius 2 is 1.95 bits per heavy atom. The van der Waals surface area contributed by atoms with E-state index in [-0.39, 0.29) is 11.4 Å². The molecule has 1 fully saturated rings. The first-order valence-corrected chi connectivity index (χ1v) is 8.11. The van der Waals surface area contributed by atoms with Gasteiger partial charge in [0.15, 0.2) is 0 Å². The molecular weight excluding hydrogens is 265 g/mol. The van der Waals surface area contributed by atoms with Gasteiger partial charge in [-0.15, -0.1) is 0 Å². The zero-order valence-corrected chi connectivity index (χ0v) is 13.5. The lowest BCUT2D eigenvalue weighted by Gasteiger charge is -2.40. The lowest BCUT2D eigenvalue weighted by atomic mass is 9.79. The van der Waals surface area contributed by atoms with Crippen LogP contribution in [0.3, 0.4) is 0 Å². The molecule has 2 nitrogen and oxygen atoms in total. The van der Waals surface area contributed by atoms with E-state index in [9.17, 15) is 4.39 Å². The Balaban J connectivity index is 2.00. The first-order chi connectivity index (χ1) is 10.0. The lowest BCUT2D eigenvalue weighted by molar-refractivity contribution is -0.0865. The predicted octanol–water partition coefficient (Wildman–Crippen LogP) is 4.29. The number of rotatable bonds is 6. The molecule has 0 atom stereocenters. The third kappa shape index (κ3) is 4.79. The van der Waals surface area contributed by atoms with Crippen molar-refractivity contribution in [2.24, 2.45) is 5.92 Å². The van der Waals surface area contributed by atoms with Crippen LogP contribution in [0, 0.1) is 11.7 Å². The van der Waals surface area contributed by atoms with Crippen LogP contribution in [0.4, 0.5) is 4.39 Å². The highest BCUT2D eigenvalue weighted by Gasteiger charge is 2.35. The van der Waals surface area contributed by atoms with Crippen molar-refractivity contribution in [1.82, 2.24) is 5.32 Å². The average molecular weight is 293 g/mol. The predicted molar refractivity (Wildman–Crippen MR) is 84.7 cm³/mol. The summed E-state index contributed by atoms with van der Waals surface area (Å²) >= 11 is 0. The molecular formula is C18H28FNO. The van der Waals surface area contributed by atoms with Crippen molar-refractivity contribution in [2.75, 3.05) is 6.54 Å². The summed E-state index contributed by atoms with van der Waals surface area (Å²) in [4.78, 5) is 0. The van der Waals surface area contributed by atoms with Crippen molar-refractivity contribution in [3.8, 4) is 0 Å². The molecule has 0 saturated heterocycles. The second-order valence-electron chi connectivity index (χ2n) is 6.78. The highest BCUT2D eigenvalue weighted by molar-refractivity contribution is 5.16. The van der Waals surface area contributed by atoms with E-state index in [0.29, 0.717) is 18.2 Å². The molecule has 0 aromatic heterocycles. The zero-order chi connectivity index (χ0) is 15.3. The molecule has 1 saturated carbocycles. The van der Waals surface area contributed by atoms with E-state index in [1.54, 1.807) is 6.07 Å². The van der Waals surface area contributed by atoms with Gasteiger partial charge in [0, 0.05) is 18.2 Å². The maximum atomic E-state index is 13.7. The summed E-state index contributed by atoms with van der Waals surface area (Å²) in [7, 11) is 0. The fraction of sp³-hybridized carbons (Fsp3) is 0.667. The molecule has 1 aliphatic rings. The van der Waals surface area contributed by atoms with Gasteiger partial charge in [-0.25, -0.2) is 4.39 Å². The third-order valence-electron chi connectivity index (χ3n) is 4.51. The largest absolute Gasteiger partial charge is 0.369 e. The van der Waals surface area contributed by atoms with Crippen LogP contribution in [-0.2, 0) is 11.3 Å². The third-order valence-corrected chi connectivity index (χ3v) is 4.51. The minimum absolute atomic E-state index is 0.140. The molecule has 0 heterocycles. The number of hydrogen-bond donors (Lipinski definition) is 1. The summed E-state index contributed by atoms with van der Waals surface area (Å²) in [5.74, 6) is 0.600. The second-order valence-corrected chi connectivity index (χ2v) is 6.78. The summed E-state index contributed by atoms with van der Waals surface area (Å²) in [6.45, 7) is 7.81. The number of hydrogen-bond acceptors (Lipinski definition) is 2. The molecule has 3 heteroatoms. The summed E-state index contributed by atoms with van der Waals surface area (Å²) in [6.07, 6.45) is 4.50. The van der Waals surface area contributed by atoms with Gasteiger partial charge in [0.1, 0.15) is 5.82 Å². The first-order valence-electron chi connectivity index (χ1n) is 8.11. The Morgan fingerprint density at radius 1 is 1.29 bits per heavy atom. The van der Waals surface area contributed by atoms with E-state index in [2.05, 4.69) is 26.1 Å². The van der Waals surface area contributed by atoms with Crippen molar-refractivity contribution < 1.29 is 9.13 Å². The van der Waals surface area contributed by atoms with Crippen molar-refractivity contribution in [2.45, 2.75) is 64.7 Å². The van der Waals surface area contributed by atoms with Crippen LogP contribution in [0.2, 0.25) is 0 Å². The number of halogens is 1. The van der Waals surface area contributed by atoms with Gasteiger partial charge >= 0.3 is 0 Å². The zero-order valence-electron chi connectivity index (χ0n) is 13.5. The molecule has 0 amide bonds. The van der Waals surface area contributed by atoms with E-state index in [1.807, 2.05) is 12.1 Å². The molecule has 0 aliphatic heterocycles.